The molecule has 1 aromatic heterocycles. The van der Waals surface area contributed by atoms with Crippen LogP contribution in [0.4, 0.5) is 5.82 Å². The first kappa shape index (κ1) is 9.03. The van der Waals surface area contributed by atoms with Crippen molar-refractivity contribution in [2.45, 2.75) is 0 Å². The first-order chi connectivity index (χ1) is 7.83. The lowest BCUT2D eigenvalue weighted by molar-refractivity contribution is -0.115. The number of carbonyl (C=O) groups is 1. The second-order valence-corrected chi connectivity index (χ2v) is 3.63. The van der Waals surface area contributed by atoms with Crippen LogP contribution in [0.1, 0.15) is 0 Å². The van der Waals surface area contributed by atoms with Gasteiger partial charge in [-0.25, -0.2) is 9.98 Å². The number of pyridine rings is 1. The summed E-state index contributed by atoms with van der Waals surface area (Å²) in [4.78, 5) is 20.9. The van der Waals surface area contributed by atoms with Gasteiger partial charge in [0.15, 0.2) is 0 Å². The van der Waals surface area contributed by atoms with Crippen LogP contribution in [0, 0.1) is 0 Å². The summed E-state index contributed by atoms with van der Waals surface area (Å²) in [7, 11) is 0. The highest BCUT2D eigenvalue weighted by molar-refractivity contribution is 6.01. The Hall–Kier alpha value is -2.23. The number of carbonyl (C=O) groups excluding carboxylic acids is 1. The van der Waals surface area contributed by atoms with Gasteiger partial charge < -0.3 is 4.90 Å². The van der Waals surface area contributed by atoms with Gasteiger partial charge in [0.2, 0.25) is 0 Å². The summed E-state index contributed by atoms with van der Waals surface area (Å²) in [6.07, 6.45) is 1.53. The highest BCUT2D eigenvalue weighted by Gasteiger charge is 2.16. The van der Waals surface area contributed by atoms with Crippen LogP contribution in [0.3, 0.4) is 0 Å². The summed E-state index contributed by atoms with van der Waals surface area (Å²) in [5, 5.41) is 1.09. The molecule has 2 aromatic rings. The van der Waals surface area contributed by atoms with E-state index in [0.717, 1.165) is 16.7 Å². The molecule has 0 atom stereocenters. The van der Waals surface area contributed by atoms with Gasteiger partial charge in [-0.05, 0) is 18.2 Å². The minimum absolute atomic E-state index is 0.130. The SMILES string of the molecule is O=C1CN(c2ccc3ccccc3n2)C=N1. The van der Waals surface area contributed by atoms with Gasteiger partial charge in [0.05, 0.1) is 5.52 Å². The van der Waals surface area contributed by atoms with Gasteiger partial charge >= 0.3 is 0 Å². The Bertz CT molecular complexity index is 592. The lowest BCUT2D eigenvalue weighted by atomic mass is 10.2. The third-order valence-electron chi connectivity index (χ3n) is 2.52. The molecule has 1 aliphatic rings. The zero-order valence-corrected chi connectivity index (χ0v) is 8.50. The third-order valence-corrected chi connectivity index (χ3v) is 2.52. The van der Waals surface area contributed by atoms with E-state index < -0.39 is 0 Å². The fourth-order valence-corrected chi connectivity index (χ4v) is 1.72. The largest absolute Gasteiger partial charge is 0.307 e. The normalized spacial score (nSPS) is 15.0. The average molecular weight is 211 g/mol. The number of hydrogen-bond acceptors (Lipinski definition) is 3. The number of benzene rings is 1. The maximum absolute atomic E-state index is 11.0. The topological polar surface area (TPSA) is 45.6 Å². The van der Waals surface area contributed by atoms with Gasteiger partial charge in [-0.3, -0.25) is 4.79 Å². The molecule has 3 rings (SSSR count). The van der Waals surface area contributed by atoms with Crippen molar-refractivity contribution in [2.24, 2.45) is 4.99 Å². The van der Waals surface area contributed by atoms with Crippen LogP contribution < -0.4 is 4.90 Å². The number of fused-ring (bicyclic) bond motifs is 1. The van der Waals surface area contributed by atoms with Gasteiger partial charge in [0.1, 0.15) is 18.7 Å². The number of para-hydroxylation sites is 1. The zero-order valence-electron chi connectivity index (χ0n) is 8.50. The molecule has 0 unspecified atom stereocenters. The molecule has 0 fully saturated rings. The van der Waals surface area contributed by atoms with E-state index in [1.807, 2.05) is 36.4 Å². The molecule has 1 amide bonds. The Kier molecular flexibility index (Phi) is 1.93. The molecule has 0 saturated heterocycles. The highest BCUT2D eigenvalue weighted by Crippen LogP contribution is 2.18. The van der Waals surface area contributed by atoms with Crippen molar-refractivity contribution in [3.8, 4) is 0 Å². The first-order valence-electron chi connectivity index (χ1n) is 5.02. The minimum atomic E-state index is -0.130. The Morgan fingerprint density at radius 1 is 1.12 bits per heavy atom. The van der Waals surface area contributed by atoms with Crippen molar-refractivity contribution < 1.29 is 4.79 Å². The molecule has 0 aliphatic carbocycles. The molecule has 16 heavy (non-hydrogen) atoms. The molecule has 0 spiro atoms. The fourth-order valence-electron chi connectivity index (χ4n) is 1.72. The van der Waals surface area contributed by atoms with Crippen molar-refractivity contribution in [3.63, 3.8) is 0 Å². The molecular weight excluding hydrogens is 202 g/mol. The standard InChI is InChI=1S/C12H9N3O/c16-12-7-15(8-13-12)11-6-5-9-3-1-2-4-10(9)14-11/h1-6,8H,7H2. The monoisotopic (exact) mass is 211 g/mol. The van der Waals surface area contributed by atoms with Gasteiger partial charge in [0.25, 0.3) is 5.91 Å². The van der Waals surface area contributed by atoms with Crippen molar-refractivity contribution in [1.29, 1.82) is 0 Å². The van der Waals surface area contributed by atoms with E-state index in [0.29, 0.717) is 0 Å². The molecule has 1 aromatic carbocycles. The lowest BCUT2D eigenvalue weighted by Crippen LogP contribution is -2.21. The Morgan fingerprint density at radius 2 is 2.00 bits per heavy atom. The Labute approximate surface area is 92.2 Å². The minimum Gasteiger partial charge on any atom is -0.307 e. The average Bonchev–Trinajstić information content (AvgIpc) is 2.75. The predicted molar refractivity (Wildman–Crippen MR) is 62.6 cm³/mol. The van der Waals surface area contributed by atoms with Crippen LogP contribution in [0.15, 0.2) is 41.4 Å². The number of aliphatic imine (C=N–C) groups is 1. The number of aromatic nitrogens is 1. The summed E-state index contributed by atoms with van der Waals surface area (Å²) in [5.41, 5.74) is 0.924. The third kappa shape index (κ3) is 1.44. The van der Waals surface area contributed by atoms with Crippen LogP contribution in [-0.4, -0.2) is 23.8 Å². The zero-order chi connectivity index (χ0) is 11.0. The first-order valence-corrected chi connectivity index (χ1v) is 5.02. The van der Waals surface area contributed by atoms with E-state index in [2.05, 4.69) is 9.98 Å². The Morgan fingerprint density at radius 3 is 2.81 bits per heavy atom. The number of anilines is 1. The molecule has 2 heterocycles. The molecule has 1 aliphatic heterocycles. The number of amides is 1. The van der Waals surface area contributed by atoms with E-state index in [-0.39, 0.29) is 12.5 Å². The molecule has 0 saturated carbocycles. The molecule has 0 N–H and O–H groups in total. The number of rotatable bonds is 1. The van der Waals surface area contributed by atoms with Crippen LogP contribution in [0.5, 0.6) is 0 Å². The summed E-state index contributed by atoms with van der Waals surface area (Å²) in [6.45, 7) is 0.283. The van der Waals surface area contributed by atoms with Crippen LogP contribution in [0.2, 0.25) is 0 Å². The second kappa shape index (κ2) is 3.41. The maximum atomic E-state index is 11.0. The quantitative estimate of drug-likeness (QED) is 0.719. The van der Waals surface area contributed by atoms with E-state index >= 15 is 0 Å². The summed E-state index contributed by atoms with van der Waals surface area (Å²) < 4.78 is 0. The van der Waals surface area contributed by atoms with Gasteiger partial charge in [-0.1, -0.05) is 18.2 Å². The van der Waals surface area contributed by atoms with E-state index in [1.165, 1.54) is 6.34 Å². The van der Waals surface area contributed by atoms with Gasteiger partial charge in [0, 0.05) is 5.39 Å². The van der Waals surface area contributed by atoms with Crippen molar-refractivity contribution in [1.82, 2.24) is 4.98 Å². The predicted octanol–water partition coefficient (Wildman–Crippen LogP) is 1.61. The molecular formula is C12H9N3O. The van der Waals surface area contributed by atoms with Crippen molar-refractivity contribution >= 4 is 29.0 Å². The van der Waals surface area contributed by atoms with Crippen molar-refractivity contribution in [2.75, 3.05) is 11.4 Å². The van der Waals surface area contributed by atoms with Gasteiger partial charge in [-0.15, -0.1) is 0 Å². The molecule has 78 valence electrons. The van der Waals surface area contributed by atoms with Gasteiger partial charge in [-0.2, -0.15) is 0 Å². The second-order valence-electron chi connectivity index (χ2n) is 3.63. The molecule has 4 heteroatoms. The lowest BCUT2D eigenvalue weighted by Gasteiger charge is -2.11. The molecule has 0 bridgehead atoms. The van der Waals surface area contributed by atoms with Crippen LogP contribution in [0.25, 0.3) is 10.9 Å². The number of nitrogens with zero attached hydrogens (tertiary/aromatic N) is 3. The molecule has 4 nitrogen and oxygen atoms in total. The van der Waals surface area contributed by atoms with Crippen molar-refractivity contribution in [3.05, 3.63) is 36.4 Å². The van der Waals surface area contributed by atoms with E-state index in [1.54, 1.807) is 4.90 Å². The highest BCUT2D eigenvalue weighted by atomic mass is 16.2. The fraction of sp³-hybridized carbons (Fsp3) is 0.0833. The number of hydrogen-bond donors (Lipinski definition) is 0. The van der Waals surface area contributed by atoms with E-state index in [9.17, 15) is 4.79 Å². The smallest absolute Gasteiger partial charge is 0.267 e. The summed E-state index contributed by atoms with van der Waals surface area (Å²) in [6, 6.07) is 11.8. The van der Waals surface area contributed by atoms with E-state index in [4.69, 9.17) is 0 Å². The maximum Gasteiger partial charge on any atom is 0.267 e. The summed E-state index contributed by atoms with van der Waals surface area (Å²) >= 11 is 0. The Balaban J connectivity index is 2.05. The van der Waals surface area contributed by atoms with Crippen LogP contribution >= 0.6 is 0 Å². The molecule has 0 radical (unpaired) electrons. The van der Waals surface area contributed by atoms with Crippen LogP contribution in [-0.2, 0) is 4.79 Å². The summed E-state index contributed by atoms with van der Waals surface area (Å²) in [5.74, 6) is 0.628.